The van der Waals surface area contributed by atoms with Gasteiger partial charge in [0.15, 0.2) is 0 Å². The lowest BCUT2D eigenvalue weighted by Crippen LogP contribution is -2.13. The molecule has 0 saturated carbocycles. The molecule has 2 N–H and O–H groups in total. The van der Waals surface area contributed by atoms with E-state index in [1.165, 1.54) is 16.9 Å². The van der Waals surface area contributed by atoms with Gasteiger partial charge >= 0.3 is 0 Å². The molecule has 3 rings (SSSR count). The summed E-state index contributed by atoms with van der Waals surface area (Å²) in [6.45, 7) is 6.38. The third-order valence-electron chi connectivity index (χ3n) is 4.74. The van der Waals surface area contributed by atoms with E-state index in [4.69, 9.17) is 9.84 Å². The number of carbonyl (C=O) groups is 1. The molecule has 0 atom stereocenters. The summed E-state index contributed by atoms with van der Waals surface area (Å²) >= 11 is 1.50. The quantitative estimate of drug-likeness (QED) is 0.325. The van der Waals surface area contributed by atoms with Crippen LogP contribution in [0.5, 0.6) is 5.75 Å². The van der Waals surface area contributed by atoms with Crippen LogP contribution in [-0.4, -0.2) is 35.4 Å². The van der Waals surface area contributed by atoms with E-state index < -0.39 is 0 Å². The Balaban J connectivity index is 1.96. The number of nitrogens with zero attached hydrogens (tertiary/aromatic N) is 2. The van der Waals surface area contributed by atoms with Gasteiger partial charge in [0.25, 0.3) is 5.91 Å². The van der Waals surface area contributed by atoms with Crippen LogP contribution in [0.15, 0.2) is 46.4 Å². The predicted octanol–water partition coefficient (Wildman–Crippen LogP) is 5.85. The molecule has 3 aromatic rings. The fourth-order valence-corrected chi connectivity index (χ4v) is 3.98. The number of hydrogen-bond donors (Lipinski definition) is 2. The molecule has 31 heavy (non-hydrogen) atoms. The van der Waals surface area contributed by atoms with Crippen LogP contribution in [0.1, 0.15) is 48.8 Å². The topological polar surface area (TPSA) is 83.8 Å². The zero-order valence-electron chi connectivity index (χ0n) is 18.0. The molecule has 7 heteroatoms. The number of fused-ring (bicyclic) bond motifs is 1. The van der Waals surface area contributed by atoms with Gasteiger partial charge in [0.2, 0.25) is 0 Å². The number of pyridine rings is 1. The van der Waals surface area contributed by atoms with E-state index >= 15 is 0 Å². The van der Waals surface area contributed by atoms with Gasteiger partial charge in [-0.15, -0.1) is 11.3 Å². The van der Waals surface area contributed by atoms with Crippen molar-refractivity contribution >= 4 is 51.8 Å². The maximum absolute atomic E-state index is 13.2. The van der Waals surface area contributed by atoms with Crippen molar-refractivity contribution in [2.75, 3.05) is 18.5 Å². The number of hydrogen-bond acceptors (Lipinski definition) is 6. The van der Waals surface area contributed by atoms with E-state index in [0.29, 0.717) is 35.7 Å². The molecular weight excluding hydrogens is 410 g/mol. The number of nitrogens with one attached hydrogen (secondary N) is 1. The first-order valence-electron chi connectivity index (χ1n) is 10.3. The van der Waals surface area contributed by atoms with Gasteiger partial charge in [0.1, 0.15) is 5.75 Å². The molecule has 0 unspecified atom stereocenters. The lowest BCUT2D eigenvalue weighted by Gasteiger charge is -2.14. The number of aliphatic imine (C=N–C) groups is 1. The van der Waals surface area contributed by atoms with Crippen LogP contribution in [0, 0.1) is 0 Å². The smallest absolute Gasteiger partial charge is 0.258 e. The number of allylic oxidation sites excluding steroid dienone is 1. The van der Waals surface area contributed by atoms with Gasteiger partial charge in [-0.1, -0.05) is 18.6 Å². The van der Waals surface area contributed by atoms with E-state index in [2.05, 4.69) is 35.2 Å². The molecule has 0 saturated heterocycles. The number of anilines is 1. The number of rotatable bonds is 9. The highest BCUT2D eigenvalue weighted by atomic mass is 32.1. The number of ether oxygens (including phenoxy) is 1. The van der Waals surface area contributed by atoms with Crippen LogP contribution in [0.4, 0.5) is 11.4 Å². The average Bonchev–Trinajstić information content (AvgIpc) is 3.16. The van der Waals surface area contributed by atoms with Crippen LogP contribution in [0.3, 0.4) is 0 Å². The molecule has 2 heterocycles. The summed E-state index contributed by atoms with van der Waals surface area (Å²) in [7, 11) is 0. The van der Waals surface area contributed by atoms with Crippen molar-refractivity contribution in [2.45, 2.75) is 33.6 Å². The van der Waals surface area contributed by atoms with Crippen LogP contribution < -0.4 is 10.1 Å². The van der Waals surface area contributed by atoms with Gasteiger partial charge in [-0.25, -0.2) is 0 Å². The number of aliphatic hydroxyl groups is 1. The summed E-state index contributed by atoms with van der Waals surface area (Å²) < 4.78 is 5.82. The monoisotopic (exact) mass is 437 g/mol. The summed E-state index contributed by atoms with van der Waals surface area (Å²) in [6.07, 6.45) is 6.93. The zero-order valence-corrected chi connectivity index (χ0v) is 18.8. The molecule has 1 aromatic carbocycles. The maximum atomic E-state index is 13.2. The van der Waals surface area contributed by atoms with Crippen molar-refractivity contribution in [1.82, 2.24) is 4.98 Å². The summed E-state index contributed by atoms with van der Waals surface area (Å²) in [6, 6.07) is 7.44. The normalized spacial score (nSPS) is 11.9. The van der Waals surface area contributed by atoms with Crippen molar-refractivity contribution in [1.29, 1.82) is 0 Å². The van der Waals surface area contributed by atoms with Crippen LogP contribution >= 0.6 is 11.3 Å². The van der Waals surface area contributed by atoms with Crippen molar-refractivity contribution < 1.29 is 14.6 Å². The molecule has 0 aliphatic carbocycles. The van der Waals surface area contributed by atoms with E-state index in [1.807, 2.05) is 30.5 Å². The number of amides is 1. The molecule has 6 nitrogen and oxygen atoms in total. The maximum Gasteiger partial charge on any atom is 0.258 e. The Morgan fingerprint density at radius 2 is 2.23 bits per heavy atom. The molecule has 1 amide bonds. The molecular formula is C24H27N3O3S. The fourth-order valence-electron chi connectivity index (χ4n) is 2.97. The summed E-state index contributed by atoms with van der Waals surface area (Å²) in [5.74, 6) is 0.270. The number of benzene rings is 1. The minimum absolute atomic E-state index is 0.0360. The van der Waals surface area contributed by atoms with Crippen molar-refractivity contribution in [2.24, 2.45) is 4.99 Å². The number of carbonyl (C=O) groups excluding carboxylic acids is 1. The second kappa shape index (κ2) is 10.8. The van der Waals surface area contributed by atoms with Crippen LogP contribution in [0.2, 0.25) is 0 Å². The molecule has 0 aliphatic heterocycles. The Labute approximate surface area is 186 Å². The third kappa shape index (κ3) is 5.57. The van der Waals surface area contributed by atoms with Crippen molar-refractivity contribution in [3.63, 3.8) is 0 Å². The lowest BCUT2D eigenvalue weighted by molar-refractivity contribution is 0.102. The first-order chi connectivity index (χ1) is 15.1. The lowest BCUT2D eigenvalue weighted by atomic mass is 10.1. The highest BCUT2D eigenvalue weighted by molar-refractivity contribution is 7.11. The number of aromatic nitrogens is 1. The standard InChI is InChI=1S/C24H27N3O3S/c1-4-16(3)12-22-23(25-5-2)18(15-31-22)24(29)27-20-13-17-8-6-9-26-19(17)14-21(20)30-11-7-10-28/h5-6,8-9,12-15,28H,4,7,10-11H2,1-3H3,(H,27,29)/b16-12+,25-5?. The minimum atomic E-state index is -0.249. The summed E-state index contributed by atoms with van der Waals surface area (Å²) in [5, 5.41) is 14.8. The number of aliphatic hydroxyl groups excluding tert-OH is 1. The first kappa shape index (κ1) is 22.7. The van der Waals surface area contributed by atoms with Gasteiger partial charge in [0, 0.05) is 42.3 Å². The molecule has 0 fully saturated rings. The van der Waals surface area contributed by atoms with Crippen molar-refractivity contribution in [3.8, 4) is 5.75 Å². The summed E-state index contributed by atoms with van der Waals surface area (Å²) in [4.78, 5) is 23.0. The van der Waals surface area contributed by atoms with Gasteiger partial charge in [-0.2, -0.15) is 0 Å². The van der Waals surface area contributed by atoms with Crippen LogP contribution in [0.25, 0.3) is 17.0 Å². The molecule has 0 bridgehead atoms. The third-order valence-corrected chi connectivity index (χ3v) is 5.66. The Bertz CT molecular complexity index is 1120. The fraction of sp³-hybridized carbons (Fsp3) is 0.292. The van der Waals surface area contributed by atoms with E-state index in [1.54, 1.807) is 18.5 Å². The molecule has 0 aliphatic rings. The van der Waals surface area contributed by atoms with Crippen LogP contribution in [-0.2, 0) is 0 Å². The van der Waals surface area contributed by atoms with Crippen molar-refractivity contribution in [3.05, 3.63) is 51.9 Å². The summed E-state index contributed by atoms with van der Waals surface area (Å²) in [5.41, 5.74) is 3.74. The Hall–Kier alpha value is -3.03. The highest BCUT2D eigenvalue weighted by Gasteiger charge is 2.18. The average molecular weight is 438 g/mol. The Kier molecular flexibility index (Phi) is 7.92. The molecule has 2 aromatic heterocycles. The Morgan fingerprint density at radius 3 is 2.97 bits per heavy atom. The minimum Gasteiger partial charge on any atom is -0.491 e. The highest BCUT2D eigenvalue weighted by Crippen LogP contribution is 2.35. The zero-order chi connectivity index (χ0) is 22.2. The first-order valence-corrected chi connectivity index (χ1v) is 11.2. The van der Waals surface area contributed by atoms with E-state index in [-0.39, 0.29) is 12.5 Å². The second-order valence-electron chi connectivity index (χ2n) is 7.02. The second-order valence-corrected chi connectivity index (χ2v) is 7.93. The van der Waals surface area contributed by atoms with Gasteiger partial charge < -0.3 is 15.2 Å². The SMILES string of the molecule is CC=Nc1c(C(=O)Nc2cc3cccnc3cc2OCCCO)csc1/C=C(\C)CC. The van der Waals surface area contributed by atoms with Gasteiger partial charge in [0.05, 0.1) is 33.9 Å². The predicted molar refractivity (Wildman–Crippen MR) is 129 cm³/mol. The van der Waals surface area contributed by atoms with E-state index in [9.17, 15) is 4.79 Å². The Morgan fingerprint density at radius 1 is 1.39 bits per heavy atom. The van der Waals surface area contributed by atoms with Gasteiger partial charge in [-0.05, 0) is 38.5 Å². The van der Waals surface area contributed by atoms with Gasteiger partial charge in [-0.3, -0.25) is 14.8 Å². The molecule has 162 valence electrons. The van der Waals surface area contributed by atoms with E-state index in [0.717, 1.165) is 22.2 Å². The molecule has 0 spiro atoms. The molecule has 0 radical (unpaired) electrons. The largest absolute Gasteiger partial charge is 0.491 e. The number of thiophene rings is 1.